The minimum Gasteiger partial charge on any atom is -0.369 e. The largest absolute Gasteiger partial charge is 0.369 e. The normalized spacial score (nSPS) is 14.5. The highest BCUT2D eigenvalue weighted by Gasteiger charge is 2.65. The van der Waals surface area contributed by atoms with E-state index in [-0.39, 0.29) is 35.5 Å². The van der Waals surface area contributed by atoms with E-state index < -0.39 is 46.6 Å². The molecule has 0 N–H and O–H groups in total. The molecule has 0 aliphatic rings. The number of alkyl halides is 1. The highest BCUT2D eigenvalue weighted by atomic mass is 79.9. The lowest BCUT2D eigenvalue weighted by Gasteiger charge is -2.40. The van der Waals surface area contributed by atoms with Gasteiger partial charge < -0.3 is 4.90 Å². The highest BCUT2D eigenvalue weighted by molar-refractivity contribution is 9.09. The molecule has 0 fully saturated rings. The van der Waals surface area contributed by atoms with Crippen LogP contribution in [0, 0.1) is 11.3 Å². The number of nitrogens with zero attached hydrogens (tertiary/aromatic N) is 6. The van der Waals surface area contributed by atoms with Gasteiger partial charge in [0.05, 0.1) is 22.6 Å². The first-order valence-electron chi connectivity index (χ1n) is 8.72. The maximum atomic E-state index is 13.3. The van der Waals surface area contributed by atoms with Crippen LogP contribution in [0.3, 0.4) is 0 Å². The fourth-order valence-electron chi connectivity index (χ4n) is 2.64. The first-order chi connectivity index (χ1) is 15.2. The van der Waals surface area contributed by atoms with Gasteiger partial charge >= 0.3 is 10.2 Å². The fourth-order valence-corrected chi connectivity index (χ4v) is 5.61. The SMILES string of the molecule is CN(C)/C=N/c1c(N(CCBr)S(C)(=O)=O)c(C#N)nn1-c1c(Cl)cc(S(F)(F)(F)(F)F)cc1Cl. The summed E-state index contributed by atoms with van der Waals surface area (Å²) in [7, 11) is -11.0. The molecule has 190 valence electrons. The first kappa shape index (κ1) is 28.4. The predicted molar refractivity (Wildman–Crippen MR) is 128 cm³/mol. The molecule has 1 heterocycles. The Morgan fingerprint density at radius 3 is 2.15 bits per heavy atom. The molecule has 0 saturated carbocycles. The second-order valence-electron chi connectivity index (χ2n) is 6.98. The molecule has 8 nitrogen and oxygen atoms in total. The molecule has 2 aromatic rings. The van der Waals surface area contributed by atoms with E-state index in [1.165, 1.54) is 11.2 Å². The summed E-state index contributed by atoms with van der Waals surface area (Å²) >= 11 is 15.0. The van der Waals surface area contributed by atoms with Crippen LogP contribution in [0.5, 0.6) is 0 Å². The average molecular weight is 634 g/mol. The van der Waals surface area contributed by atoms with E-state index >= 15 is 0 Å². The lowest BCUT2D eigenvalue weighted by Crippen LogP contribution is -2.32. The molecule has 2 rings (SSSR count). The van der Waals surface area contributed by atoms with Crippen LogP contribution in [0.25, 0.3) is 5.69 Å². The van der Waals surface area contributed by atoms with Gasteiger partial charge in [0.1, 0.15) is 22.3 Å². The number of hydrogen-bond donors (Lipinski definition) is 0. The van der Waals surface area contributed by atoms with Crippen molar-refractivity contribution in [1.82, 2.24) is 14.7 Å². The van der Waals surface area contributed by atoms with Crippen LogP contribution in [0.1, 0.15) is 5.69 Å². The molecule has 0 unspecified atom stereocenters. The number of aliphatic imine (C=N–C) groups is 1. The maximum absolute atomic E-state index is 13.3. The summed E-state index contributed by atoms with van der Waals surface area (Å²) in [6, 6.07) is 1.64. The Hall–Kier alpha value is -1.80. The van der Waals surface area contributed by atoms with Crippen molar-refractivity contribution < 1.29 is 27.8 Å². The minimum absolute atomic E-state index is 0.0238. The Labute approximate surface area is 210 Å². The van der Waals surface area contributed by atoms with Gasteiger partial charge in [-0.1, -0.05) is 58.6 Å². The van der Waals surface area contributed by atoms with Crippen LogP contribution in [-0.2, 0) is 10.0 Å². The summed E-state index contributed by atoms with van der Waals surface area (Å²) in [5.41, 5.74) is -1.32. The zero-order valence-corrected chi connectivity index (χ0v) is 22.2. The molecule has 0 aliphatic carbocycles. The van der Waals surface area contributed by atoms with Gasteiger partial charge in [0.2, 0.25) is 10.0 Å². The number of aromatic nitrogens is 2. The Morgan fingerprint density at radius 1 is 1.24 bits per heavy atom. The van der Waals surface area contributed by atoms with Crippen molar-refractivity contribution in [2.75, 3.05) is 36.5 Å². The Kier molecular flexibility index (Phi) is 7.27. The number of rotatable bonds is 8. The Balaban J connectivity index is 3.00. The van der Waals surface area contributed by atoms with E-state index in [0.29, 0.717) is 0 Å². The summed E-state index contributed by atoms with van der Waals surface area (Å²) < 4.78 is 92.8. The van der Waals surface area contributed by atoms with Crippen molar-refractivity contribution in [2.45, 2.75) is 4.90 Å². The molecular formula is C16H16BrCl2F5N6O2S2. The van der Waals surface area contributed by atoms with Crippen molar-refractivity contribution in [3.63, 3.8) is 0 Å². The van der Waals surface area contributed by atoms with E-state index in [1.807, 2.05) is 0 Å². The lowest BCUT2D eigenvalue weighted by atomic mass is 10.3. The molecule has 0 atom stereocenters. The van der Waals surface area contributed by atoms with Crippen molar-refractivity contribution >= 4 is 77.2 Å². The third-order valence-electron chi connectivity index (χ3n) is 3.94. The molecule has 18 heteroatoms. The molecule has 0 amide bonds. The maximum Gasteiger partial charge on any atom is 0.310 e. The van der Waals surface area contributed by atoms with Gasteiger partial charge in [0.25, 0.3) is 0 Å². The molecule has 1 aromatic heterocycles. The Bertz CT molecular complexity index is 1290. The monoisotopic (exact) mass is 632 g/mol. The van der Waals surface area contributed by atoms with Gasteiger partial charge in [0, 0.05) is 26.0 Å². The fraction of sp³-hybridized carbons (Fsp3) is 0.312. The molecule has 0 bridgehead atoms. The summed E-state index contributed by atoms with van der Waals surface area (Å²) in [6.07, 6.45) is 2.05. The number of anilines is 1. The topological polar surface area (TPSA) is 94.6 Å². The number of sulfonamides is 1. The predicted octanol–water partition coefficient (Wildman–Crippen LogP) is 6.09. The molecule has 0 aliphatic heterocycles. The molecular weight excluding hydrogens is 618 g/mol. The molecule has 1 aromatic carbocycles. The lowest BCUT2D eigenvalue weighted by molar-refractivity contribution is 0.364. The number of halogens is 8. The third kappa shape index (κ3) is 6.25. The van der Waals surface area contributed by atoms with Gasteiger partial charge in [-0.05, 0) is 12.1 Å². The zero-order valence-electron chi connectivity index (χ0n) is 17.5. The van der Waals surface area contributed by atoms with Crippen LogP contribution in [-0.4, -0.2) is 61.7 Å². The van der Waals surface area contributed by atoms with Gasteiger partial charge in [-0.2, -0.15) is 10.4 Å². The van der Waals surface area contributed by atoms with Crippen LogP contribution in [0.2, 0.25) is 10.0 Å². The second kappa shape index (κ2) is 8.70. The van der Waals surface area contributed by atoms with Crippen LogP contribution in [0.4, 0.5) is 30.9 Å². The molecule has 0 radical (unpaired) electrons. The number of hydrogen-bond acceptors (Lipinski definition) is 5. The molecule has 0 spiro atoms. The first-order valence-corrected chi connectivity index (χ1v) is 14.4. The molecule has 0 saturated heterocycles. The van der Waals surface area contributed by atoms with Gasteiger partial charge in [-0.3, -0.25) is 4.31 Å². The van der Waals surface area contributed by atoms with E-state index in [1.54, 1.807) is 20.2 Å². The minimum atomic E-state index is -10.1. The van der Waals surface area contributed by atoms with Gasteiger partial charge in [-0.15, -0.1) is 0 Å². The summed E-state index contributed by atoms with van der Waals surface area (Å²) in [6.45, 7) is -0.172. The third-order valence-corrected chi connectivity index (χ3v) is 7.16. The van der Waals surface area contributed by atoms with E-state index in [2.05, 4.69) is 26.0 Å². The summed E-state index contributed by atoms with van der Waals surface area (Å²) in [4.78, 5) is 3.20. The van der Waals surface area contributed by atoms with Crippen LogP contribution < -0.4 is 4.31 Å². The van der Waals surface area contributed by atoms with Crippen molar-refractivity contribution in [3.8, 4) is 11.8 Å². The number of nitriles is 1. The second-order valence-corrected chi connectivity index (χ2v) is 12.9. The Morgan fingerprint density at radius 2 is 1.76 bits per heavy atom. The van der Waals surface area contributed by atoms with Crippen molar-refractivity contribution in [3.05, 3.63) is 27.9 Å². The van der Waals surface area contributed by atoms with E-state index in [9.17, 15) is 33.1 Å². The van der Waals surface area contributed by atoms with Crippen molar-refractivity contribution in [2.24, 2.45) is 4.99 Å². The smallest absolute Gasteiger partial charge is 0.310 e. The van der Waals surface area contributed by atoms with Gasteiger partial charge in [0.15, 0.2) is 11.5 Å². The van der Waals surface area contributed by atoms with E-state index in [0.717, 1.165) is 15.2 Å². The number of benzene rings is 1. The average Bonchev–Trinajstić information content (AvgIpc) is 2.98. The standard InChI is InChI=1S/C16H16BrCl2F5N6O2S2/c1-28(2)9-26-16-15(29(5-4-17)33(3,31)32)13(8-25)27-30(16)14-11(18)6-10(7-12(14)19)34(20,21,22,23)24/h6-7,9H,4-5H2,1-3H3/b26-9+. The van der Waals surface area contributed by atoms with E-state index in [4.69, 9.17) is 23.2 Å². The van der Waals surface area contributed by atoms with Crippen molar-refractivity contribution in [1.29, 1.82) is 5.26 Å². The van der Waals surface area contributed by atoms with Gasteiger partial charge in [-0.25, -0.2) is 18.1 Å². The summed E-state index contributed by atoms with van der Waals surface area (Å²) in [5, 5.41) is 11.9. The highest BCUT2D eigenvalue weighted by Crippen LogP contribution is 3.02. The van der Waals surface area contributed by atoms with Crippen LogP contribution >= 0.6 is 49.4 Å². The quantitative estimate of drug-likeness (QED) is 0.152. The zero-order chi connectivity index (χ0) is 26.3. The van der Waals surface area contributed by atoms with Crippen LogP contribution in [0.15, 0.2) is 22.0 Å². The molecule has 34 heavy (non-hydrogen) atoms. The summed E-state index contributed by atoms with van der Waals surface area (Å²) in [5.74, 6) is -0.347.